The lowest BCUT2D eigenvalue weighted by Crippen LogP contribution is -2.25. The second-order valence-corrected chi connectivity index (χ2v) is 4.16. The highest BCUT2D eigenvalue weighted by Gasteiger charge is 2.49. The van der Waals surface area contributed by atoms with Gasteiger partial charge in [-0.25, -0.2) is 0 Å². The van der Waals surface area contributed by atoms with E-state index in [1.54, 1.807) is 0 Å². The quantitative estimate of drug-likeness (QED) is 0.600. The van der Waals surface area contributed by atoms with Crippen molar-refractivity contribution in [3.63, 3.8) is 0 Å². The molecule has 0 heterocycles. The van der Waals surface area contributed by atoms with Crippen LogP contribution in [0.4, 0.5) is 0 Å². The molecule has 1 nitrogen and oxygen atoms in total. The molecule has 2 aliphatic carbocycles. The maximum atomic E-state index is 9.14. The molecule has 3 unspecified atom stereocenters. The fraction of sp³-hybridized carbons (Fsp3) is 0.800. The Labute approximate surface area is 68.1 Å². The average molecular weight is 152 g/mol. The van der Waals surface area contributed by atoms with Gasteiger partial charge in [0.05, 0.1) is 0 Å². The van der Waals surface area contributed by atoms with Gasteiger partial charge >= 0.3 is 0 Å². The molecule has 1 heteroatoms. The van der Waals surface area contributed by atoms with Crippen molar-refractivity contribution in [2.75, 3.05) is 6.61 Å². The van der Waals surface area contributed by atoms with E-state index >= 15 is 0 Å². The Morgan fingerprint density at radius 2 is 2.45 bits per heavy atom. The van der Waals surface area contributed by atoms with Gasteiger partial charge in [-0.3, -0.25) is 0 Å². The summed E-state index contributed by atoms with van der Waals surface area (Å²) in [6.45, 7) is 4.26. The van der Waals surface area contributed by atoms with E-state index in [1.165, 1.54) is 25.7 Å². The minimum atomic E-state index is 0.333. The molecular weight excluding hydrogens is 136 g/mol. The molecule has 11 heavy (non-hydrogen) atoms. The summed E-state index contributed by atoms with van der Waals surface area (Å²) in [6, 6.07) is 0. The molecule has 0 radical (unpaired) electrons. The SMILES string of the molecule is C=CC12CCC(CC1CO)C2. The van der Waals surface area contributed by atoms with Crippen molar-refractivity contribution < 1.29 is 5.11 Å². The summed E-state index contributed by atoms with van der Waals surface area (Å²) in [5.41, 5.74) is 0.333. The van der Waals surface area contributed by atoms with Crippen LogP contribution in [0.1, 0.15) is 25.7 Å². The van der Waals surface area contributed by atoms with E-state index in [-0.39, 0.29) is 0 Å². The molecular formula is C10H16O. The van der Waals surface area contributed by atoms with Gasteiger partial charge < -0.3 is 5.11 Å². The molecule has 2 rings (SSSR count). The van der Waals surface area contributed by atoms with Crippen LogP contribution in [0.5, 0.6) is 0 Å². The highest BCUT2D eigenvalue weighted by molar-refractivity contribution is 5.09. The van der Waals surface area contributed by atoms with Crippen LogP contribution < -0.4 is 0 Å². The number of hydrogen-bond donors (Lipinski definition) is 1. The van der Waals surface area contributed by atoms with Crippen LogP contribution in [0, 0.1) is 17.3 Å². The minimum absolute atomic E-state index is 0.333. The van der Waals surface area contributed by atoms with Gasteiger partial charge in [-0.05, 0) is 42.9 Å². The van der Waals surface area contributed by atoms with Crippen molar-refractivity contribution in [1.82, 2.24) is 0 Å². The van der Waals surface area contributed by atoms with Gasteiger partial charge in [0.2, 0.25) is 0 Å². The van der Waals surface area contributed by atoms with Gasteiger partial charge in [-0.15, -0.1) is 6.58 Å². The van der Waals surface area contributed by atoms with Crippen molar-refractivity contribution in [3.05, 3.63) is 12.7 Å². The molecule has 2 bridgehead atoms. The third-order valence-corrected chi connectivity index (χ3v) is 3.74. The zero-order chi connectivity index (χ0) is 7.90. The van der Waals surface area contributed by atoms with Gasteiger partial charge in [0.1, 0.15) is 0 Å². The minimum Gasteiger partial charge on any atom is -0.396 e. The van der Waals surface area contributed by atoms with Crippen LogP contribution in [-0.4, -0.2) is 11.7 Å². The van der Waals surface area contributed by atoms with Gasteiger partial charge in [0, 0.05) is 6.61 Å². The molecule has 2 aliphatic rings. The monoisotopic (exact) mass is 152 g/mol. The number of fused-ring (bicyclic) bond motifs is 2. The molecule has 0 spiro atoms. The van der Waals surface area contributed by atoms with Crippen molar-refractivity contribution in [1.29, 1.82) is 0 Å². The van der Waals surface area contributed by atoms with Crippen LogP contribution >= 0.6 is 0 Å². The first-order valence-electron chi connectivity index (χ1n) is 4.55. The Morgan fingerprint density at radius 1 is 1.64 bits per heavy atom. The molecule has 0 aromatic heterocycles. The topological polar surface area (TPSA) is 20.2 Å². The molecule has 0 aromatic rings. The summed E-state index contributed by atoms with van der Waals surface area (Å²) < 4.78 is 0. The molecule has 2 saturated carbocycles. The molecule has 0 aliphatic heterocycles. The smallest absolute Gasteiger partial charge is 0.0467 e. The standard InChI is InChI=1S/C10H16O/c1-2-10-4-3-8(6-10)5-9(10)7-11/h2,8-9,11H,1,3-7H2. The summed E-state index contributed by atoms with van der Waals surface area (Å²) in [4.78, 5) is 0. The van der Waals surface area contributed by atoms with Gasteiger partial charge in [-0.2, -0.15) is 0 Å². The molecule has 0 amide bonds. The Morgan fingerprint density at radius 3 is 2.91 bits per heavy atom. The molecule has 1 N–H and O–H groups in total. The maximum absolute atomic E-state index is 9.14. The lowest BCUT2D eigenvalue weighted by Gasteiger charge is -2.30. The van der Waals surface area contributed by atoms with Crippen molar-refractivity contribution in [2.24, 2.45) is 17.3 Å². The fourth-order valence-corrected chi connectivity index (χ4v) is 3.03. The van der Waals surface area contributed by atoms with Crippen molar-refractivity contribution in [3.8, 4) is 0 Å². The van der Waals surface area contributed by atoms with Gasteiger partial charge in [0.25, 0.3) is 0 Å². The van der Waals surface area contributed by atoms with E-state index in [4.69, 9.17) is 5.11 Å². The lowest BCUT2D eigenvalue weighted by atomic mass is 9.75. The highest BCUT2D eigenvalue weighted by atomic mass is 16.3. The third kappa shape index (κ3) is 0.871. The normalized spacial score (nSPS) is 48.1. The second-order valence-electron chi connectivity index (χ2n) is 4.16. The Bertz CT molecular complexity index is 176. The number of aliphatic hydroxyl groups is 1. The Kier molecular flexibility index (Phi) is 1.57. The first-order chi connectivity index (χ1) is 5.30. The molecule has 0 saturated heterocycles. The van der Waals surface area contributed by atoms with E-state index in [9.17, 15) is 0 Å². The summed E-state index contributed by atoms with van der Waals surface area (Å²) in [6.07, 6.45) is 7.26. The van der Waals surface area contributed by atoms with E-state index in [0.717, 1.165) is 5.92 Å². The number of aliphatic hydroxyl groups excluding tert-OH is 1. The first kappa shape index (κ1) is 7.35. The number of rotatable bonds is 2. The molecule has 2 fully saturated rings. The zero-order valence-corrected chi connectivity index (χ0v) is 6.92. The predicted molar refractivity (Wildman–Crippen MR) is 45.2 cm³/mol. The first-order valence-corrected chi connectivity index (χ1v) is 4.55. The van der Waals surface area contributed by atoms with Gasteiger partial charge in [-0.1, -0.05) is 6.08 Å². The highest BCUT2D eigenvalue weighted by Crippen LogP contribution is 2.57. The maximum Gasteiger partial charge on any atom is 0.0467 e. The average Bonchev–Trinajstić information content (AvgIpc) is 2.60. The van der Waals surface area contributed by atoms with Crippen LogP contribution in [0.3, 0.4) is 0 Å². The van der Waals surface area contributed by atoms with E-state index in [1.807, 2.05) is 0 Å². The summed E-state index contributed by atoms with van der Waals surface area (Å²) >= 11 is 0. The van der Waals surface area contributed by atoms with Crippen LogP contribution in [0.15, 0.2) is 12.7 Å². The Hall–Kier alpha value is -0.300. The molecule has 62 valence electrons. The van der Waals surface area contributed by atoms with E-state index < -0.39 is 0 Å². The fourth-order valence-electron chi connectivity index (χ4n) is 3.03. The summed E-state index contributed by atoms with van der Waals surface area (Å²) in [5, 5.41) is 9.14. The zero-order valence-electron chi connectivity index (χ0n) is 6.92. The van der Waals surface area contributed by atoms with Gasteiger partial charge in [0.15, 0.2) is 0 Å². The summed E-state index contributed by atoms with van der Waals surface area (Å²) in [7, 11) is 0. The number of hydrogen-bond acceptors (Lipinski definition) is 1. The van der Waals surface area contributed by atoms with E-state index in [0.29, 0.717) is 17.9 Å². The molecule has 0 aromatic carbocycles. The van der Waals surface area contributed by atoms with E-state index in [2.05, 4.69) is 12.7 Å². The Balaban J connectivity index is 2.21. The summed E-state index contributed by atoms with van der Waals surface area (Å²) in [5.74, 6) is 1.42. The van der Waals surface area contributed by atoms with Crippen LogP contribution in [0.25, 0.3) is 0 Å². The predicted octanol–water partition coefficient (Wildman–Crippen LogP) is 1.97. The van der Waals surface area contributed by atoms with Crippen LogP contribution in [-0.2, 0) is 0 Å². The third-order valence-electron chi connectivity index (χ3n) is 3.74. The lowest BCUT2D eigenvalue weighted by molar-refractivity contribution is 0.138. The van der Waals surface area contributed by atoms with Crippen molar-refractivity contribution >= 4 is 0 Å². The van der Waals surface area contributed by atoms with Crippen molar-refractivity contribution in [2.45, 2.75) is 25.7 Å². The molecule has 3 atom stereocenters. The second kappa shape index (κ2) is 2.34. The van der Waals surface area contributed by atoms with Crippen LogP contribution in [0.2, 0.25) is 0 Å². The number of allylic oxidation sites excluding steroid dienone is 1. The largest absolute Gasteiger partial charge is 0.396 e.